The lowest BCUT2D eigenvalue weighted by Gasteiger charge is -2.29. The standard InChI is InChI=1S/C60H39NOS/c1-2-16-41(17-3-1)46-20-4-5-21-48(46)49-22-6-7-23-50(49)51-24-8-11-29-56(51)61(44-35-32-40(33-36-44)42-34-37-59-55(39-42)53-26-10-13-31-58(53)63-59)45-19-14-18-43(38-45)47-27-15-28-54-52-25-9-12-30-57(52)62-60(47)54/h1-39H. The molecule has 10 aromatic carbocycles. The Bertz CT molecular complexity index is 3630. The van der Waals surface area contributed by atoms with E-state index in [1.54, 1.807) is 0 Å². The Balaban J connectivity index is 1.03. The summed E-state index contributed by atoms with van der Waals surface area (Å²) in [5.74, 6) is 0. The molecular formula is C60H39NOS. The number of rotatable bonds is 8. The van der Waals surface area contributed by atoms with Gasteiger partial charge < -0.3 is 9.32 Å². The van der Waals surface area contributed by atoms with Gasteiger partial charge in [0.05, 0.1) is 5.69 Å². The SMILES string of the molecule is c1ccc(-c2ccccc2-c2ccccc2-c2ccccc2N(c2ccc(-c3ccc4sc5ccccc5c4c3)cc2)c2cccc(-c3cccc4c3oc3ccccc34)c2)cc1. The first kappa shape index (κ1) is 36.8. The van der Waals surface area contributed by atoms with Crippen molar-refractivity contribution in [1.29, 1.82) is 0 Å². The smallest absolute Gasteiger partial charge is 0.143 e. The van der Waals surface area contributed by atoms with E-state index < -0.39 is 0 Å². The van der Waals surface area contributed by atoms with Gasteiger partial charge in [-0.1, -0.05) is 182 Å². The molecule has 0 saturated heterocycles. The number of furan rings is 1. The van der Waals surface area contributed by atoms with Crippen molar-refractivity contribution >= 4 is 70.5 Å². The van der Waals surface area contributed by atoms with Crippen LogP contribution < -0.4 is 4.90 Å². The zero-order valence-electron chi connectivity index (χ0n) is 34.3. The Morgan fingerprint density at radius 1 is 0.302 bits per heavy atom. The Morgan fingerprint density at radius 2 is 0.873 bits per heavy atom. The third-order valence-electron chi connectivity index (χ3n) is 12.3. The first-order valence-electron chi connectivity index (χ1n) is 21.4. The minimum Gasteiger partial charge on any atom is -0.455 e. The Labute approximate surface area is 370 Å². The lowest BCUT2D eigenvalue weighted by atomic mass is 9.88. The highest BCUT2D eigenvalue weighted by Gasteiger charge is 2.22. The zero-order valence-corrected chi connectivity index (χ0v) is 35.1. The summed E-state index contributed by atoms with van der Waals surface area (Å²) >= 11 is 1.85. The summed E-state index contributed by atoms with van der Waals surface area (Å²) < 4.78 is 9.20. The van der Waals surface area contributed by atoms with Gasteiger partial charge in [-0.2, -0.15) is 0 Å². The molecule has 0 saturated carbocycles. The molecule has 63 heavy (non-hydrogen) atoms. The molecule has 0 aliphatic heterocycles. The van der Waals surface area contributed by atoms with Crippen LogP contribution in [0.3, 0.4) is 0 Å². The first-order valence-corrected chi connectivity index (χ1v) is 22.2. The molecule has 2 nitrogen and oxygen atoms in total. The molecule has 2 heterocycles. The summed E-state index contributed by atoms with van der Waals surface area (Å²) in [5, 5.41) is 4.85. The van der Waals surface area contributed by atoms with Gasteiger partial charge in [0.15, 0.2) is 0 Å². The summed E-state index contributed by atoms with van der Waals surface area (Å²) in [6.07, 6.45) is 0. The van der Waals surface area contributed by atoms with E-state index in [-0.39, 0.29) is 0 Å². The average Bonchev–Trinajstić information content (AvgIpc) is 3.93. The van der Waals surface area contributed by atoms with E-state index in [4.69, 9.17) is 4.42 Å². The van der Waals surface area contributed by atoms with Crippen LogP contribution in [0.5, 0.6) is 0 Å². The largest absolute Gasteiger partial charge is 0.455 e. The maximum atomic E-state index is 6.57. The van der Waals surface area contributed by atoms with E-state index in [2.05, 4.69) is 235 Å². The number of para-hydroxylation sites is 3. The van der Waals surface area contributed by atoms with Crippen molar-refractivity contribution in [1.82, 2.24) is 0 Å². The second-order valence-electron chi connectivity index (χ2n) is 16.0. The Kier molecular flexibility index (Phi) is 9.06. The molecule has 0 unspecified atom stereocenters. The van der Waals surface area contributed by atoms with Crippen molar-refractivity contribution in [2.24, 2.45) is 0 Å². The van der Waals surface area contributed by atoms with E-state index >= 15 is 0 Å². The molecule has 0 spiro atoms. The number of hydrogen-bond donors (Lipinski definition) is 0. The fraction of sp³-hybridized carbons (Fsp3) is 0. The van der Waals surface area contributed by atoms with Gasteiger partial charge >= 0.3 is 0 Å². The molecular weight excluding hydrogens is 783 g/mol. The molecule has 0 bridgehead atoms. The number of nitrogens with zero attached hydrogens (tertiary/aromatic N) is 1. The van der Waals surface area contributed by atoms with Crippen LogP contribution in [0.1, 0.15) is 0 Å². The van der Waals surface area contributed by atoms with Crippen LogP contribution in [0, 0.1) is 0 Å². The fourth-order valence-electron chi connectivity index (χ4n) is 9.36. The monoisotopic (exact) mass is 821 g/mol. The molecule has 12 rings (SSSR count). The maximum absolute atomic E-state index is 6.57. The summed E-state index contributed by atoms with van der Waals surface area (Å²) in [4.78, 5) is 2.41. The third-order valence-corrected chi connectivity index (χ3v) is 13.5. The minimum absolute atomic E-state index is 0.894. The number of thiophene rings is 1. The van der Waals surface area contributed by atoms with Crippen LogP contribution in [0.2, 0.25) is 0 Å². The van der Waals surface area contributed by atoms with E-state index in [0.29, 0.717) is 0 Å². The van der Waals surface area contributed by atoms with E-state index in [1.165, 1.54) is 53.6 Å². The van der Waals surface area contributed by atoms with Crippen molar-refractivity contribution in [3.05, 3.63) is 237 Å². The van der Waals surface area contributed by atoms with Gasteiger partial charge in [0.1, 0.15) is 11.2 Å². The lowest BCUT2D eigenvalue weighted by molar-refractivity contribution is 0.670. The Hall–Kier alpha value is -7.98. The van der Waals surface area contributed by atoms with Crippen LogP contribution >= 0.6 is 11.3 Å². The highest BCUT2D eigenvalue weighted by atomic mass is 32.1. The first-order chi connectivity index (χ1) is 31.2. The van der Waals surface area contributed by atoms with E-state index in [1.807, 2.05) is 17.4 Å². The summed E-state index contributed by atoms with van der Waals surface area (Å²) in [7, 11) is 0. The van der Waals surface area contributed by atoms with Crippen LogP contribution in [0.15, 0.2) is 241 Å². The third kappa shape index (κ3) is 6.50. The molecule has 0 aliphatic rings. The van der Waals surface area contributed by atoms with E-state index in [0.717, 1.165) is 61.3 Å². The molecule has 0 fully saturated rings. The van der Waals surface area contributed by atoms with Crippen molar-refractivity contribution < 1.29 is 4.42 Å². The van der Waals surface area contributed by atoms with Crippen molar-refractivity contribution in [2.45, 2.75) is 0 Å². The summed E-state index contributed by atoms with van der Waals surface area (Å²) in [6, 6.07) is 85.4. The molecule has 0 N–H and O–H groups in total. The normalized spacial score (nSPS) is 11.5. The van der Waals surface area contributed by atoms with Gasteiger partial charge in [-0.15, -0.1) is 11.3 Å². The molecule has 0 amide bonds. The summed E-state index contributed by atoms with van der Waals surface area (Å²) in [5.41, 5.74) is 16.6. The average molecular weight is 822 g/mol. The molecule has 0 atom stereocenters. The van der Waals surface area contributed by atoms with Crippen molar-refractivity contribution in [3.63, 3.8) is 0 Å². The number of hydrogen-bond acceptors (Lipinski definition) is 3. The topological polar surface area (TPSA) is 16.4 Å². The quantitative estimate of drug-likeness (QED) is 0.152. The molecule has 0 aliphatic carbocycles. The molecule has 12 aromatic rings. The van der Waals surface area contributed by atoms with Gasteiger partial charge in [-0.25, -0.2) is 0 Å². The highest BCUT2D eigenvalue weighted by molar-refractivity contribution is 7.25. The predicted molar refractivity (Wildman–Crippen MR) is 268 cm³/mol. The van der Waals surface area contributed by atoms with Crippen LogP contribution in [-0.2, 0) is 0 Å². The van der Waals surface area contributed by atoms with Gasteiger partial charge in [-0.05, 0) is 99.1 Å². The van der Waals surface area contributed by atoms with Gasteiger partial charge in [-0.3, -0.25) is 0 Å². The van der Waals surface area contributed by atoms with Gasteiger partial charge in [0.2, 0.25) is 0 Å². The number of fused-ring (bicyclic) bond motifs is 6. The van der Waals surface area contributed by atoms with Crippen LogP contribution in [-0.4, -0.2) is 0 Å². The second kappa shape index (κ2) is 15.5. The maximum Gasteiger partial charge on any atom is 0.143 e. The van der Waals surface area contributed by atoms with Crippen LogP contribution in [0.25, 0.3) is 97.7 Å². The minimum atomic E-state index is 0.894. The molecule has 0 radical (unpaired) electrons. The number of anilines is 3. The van der Waals surface area contributed by atoms with Gasteiger partial charge in [0, 0.05) is 53.4 Å². The second-order valence-corrected chi connectivity index (χ2v) is 17.1. The Morgan fingerprint density at radius 3 is 1.70 bits per heavy atom. The van der Waals surface area contributed by atoms with Crippen molar-refractivity contribution in [2.75, 3.05) is 4.90 Å². The lowest BCUT2D eigenvalue weighted by Crippen LogP contribution is -2.11. The summed E-state index contributed by atoms with van der Waals surface area (Å²) in [6.45, 7) is 0. The highest BCUT2D eigenvalue weighted by Crippen LogP contribution is 2.47. The molecule has 296 valence electrons. The van der Waals surface area contributed by atoms with Crippen LogP contribution in [0.4, 0.5) is 17.1 Å². The predicted octanol–water partition coefficient (Wildman–Crippen LogP) is 17.8. The van der Waals surface area contributed by atoms with E-state index in [9.17, 15) is 0 Å². The zero-order chi connectivity index (χ0) is 41.7. The van der Waals surface area contributed by atoms with Gasteiger partial charge in [0.25, 0.3) is 0 Å². The molecule has 3 heteroatoms. The van der Waals surface area contributed by atoms with Crippen molar-refractivity contribution in [3.8, 4) is 55.6 Å². The molecule has 2 aromatic heterocycles. The number of benzene rings is 10. The fourth-order valence-corrected chi connectivity index (χ4v) is 10.4.